The molecule has 1 aliphatic heterocycles. The second-order valence-corrected chi connectivity index (χ2v) is 7.84. The summed E-state index contributed by atoms with van der Waals surface area (Å²) in [7, 11) is 2.21. The van der Waals surface area contributed by atoms with Crippen LogP contribution in [0, 0.1) is 5.41 Å². The second kappa shape index (κ2) is 6.71. The minimum atomic E-state index is -0.00413. The van der Waals surface area contributed by atoms with Gasteiger partial charge in [0.05, 0.1) is 17.3 Å². The average molecular weight is 338 g/mol. The van der Waals surface area contributed by atoms with Crippen molar-refractivity contribution in [3.8, 4) is 0 Å². The lowest BCUT2D eigenvalue weighted by atomic mass is 9.67. The molecule has 1 N–H and O–H groups in total. The molecule has 2 aromatic heterocycles. The fourth-order valence-corrected chi connectivity index (χ4v) is 4.33. The Hall–Kier alpha value is -2.01. The summed E-state index contributed by atoms with van der Waals surface area (Å²) in [6, 6.07) is 4.09. The Labute approximate surface area is 148 Å². The van der Waals surface area contributed by atoms with Crippen LogP contribution in [0.4, 0.5) is 0 Å². The van der Waals surface area contributed by atoms with Crippen LogP contribution in [0.3, 0.4) is 0 Å². The van der Waals surface area contributed by atoms with Crippen molar-refractivity contribution in [3.63, 3.8) is 0 Å². The normalized spacial score (nSPS) is 21.5. The van der Waals surface area contributed by atoms with E-state index >= 15 is 0 Å². The van der Waals surface area contributed by atoms with Crippen molar-refractivity contribution in [1.29, 1.82) is 0 Å². The van der Waals surface area contributed by atoms with Crippen molar-refractivity contribution < 1.29 is 4.79 Å². The molecule has 5 heteroatoms. The first-order valence-corrected chi connectivity index (χ1v) is 9.33. The molecule has 1 saturated carbocycles. The Kier molecular flexibility index (Phi) is 4.42. The van der Waals surface area contributed by atoms with Gasteiger partial charge in [0.1, 0.15) is 0 Å². The highest BCUT2D eigenvalue weighted by atomic mass is 16.1. The summed E-state index contributed by atoms with van der Waals surface area (Å²) >= 11 is 0. The van der Waals surface area contributed by atoms with Crippen LogP contribution in [0.15, 0.2) is 30.7 Å². The molecule has 1 aliphatic carbocycles. The molecule has 2 fully saturated rings. The van der Waals surface area contributed by atoms with E-state index in [0.717, 1.165) is 23.7 Å². The predicted octanol–water partition coefficient (Wildman–Crippen LogP) is 3.01. The number of aromatic nitrogens is 2. The Bertz CT molecular complexity index is 757. The fraction of sp³-hybridized carbons (Fsp3) is 0.550. The van der Waals surface area contributed by atoms with Gasteiger partial charge in [-0.2, -0.15) is 0 Å². The van der Waals surface area contributed by atoms with Crippen LogP contribution in [-0.4, -0.2) is 47.0 Å². The molecule has 0 unspecified atom stereocenters. The van der Waals surface area contributed by atoms with E-state index in [1.165, 1.54) is 38.8 Å². The zero-order chi connectivity index (χ0) is 17.3. The van der Waals surface area contributed by atoms with E-state index in [-0.39, 0.29) is 5.91 Å². The van der Waals surface area contributed by atoms with Gasteiger partial charge in [0.2, 0.25) is 0 Å². The van der Waals surface area contributed by atoms with Crippen LogP contribution in [-0.2, 0) is 0 Å². The molecular weight excluding hydrogens is 312 g/mol. The highest BCUT2D eigenvalue weighted by Gasteiger charge is 2.37. The quantitative estimate of drug-likeness (QED) is 0.914. The van der Waals surface area contributed by atoms with Crippen molar-refractivity contribution in [2.75, 3.05) is 20.1 Å². The Morgan fingerprint density at radius 2 is 1.96 bits per heavy atom. The van der Waals surface area contributed by atoms with E-state index in [0.29, 0.717) is 17.0 Å². The van der Waals surface area contributed by atoms with Crippen LogP contribution in [0.5, 0.6) is 0 Å². The molecular formula is C20H26N4O. The maximum absolute atomic E-state index is 12.6. The largest absolute Gasteiger partial charge is 0.349 e. The van der Waals surface area contributed by atoms with E-state index in [9.17, 15) is 4.79 Å². The zero-order valence-electron chi connectivity index (χ0n) is 14.9. The van der Waals surface area contributed by atoms with E-state index in [2.05, 4.69) is 27.2 Å². The number of fused-ring (bicyclic) bond motifs is 1. The lowest BCUT2D eigenvalue weighted by Crippen LogP contribution is -2.44. The monoisotopic (exact) mass is 338 g/mol. The molecule has 1 spiro atoms. The molecule has 0 radical (unpaired) electrons. The summed E-state index contributed by atoms with van der Waals surface area (Å²) in [5.74, 6) is -0.00413. The Morgan fingerprint density at radius 3 is 2.72 bits per heavy atom. The number of nitrogens with one attached hydrogen (secondary N) is 1. The minimum absolute atomic E-state index is 0.00413. The van der Waals surface area contributed by atoms with Gasteiger partial charge in [-0.3, -0.25) is 14.8 Å². The number of nitrogens with zero attached hydrogens (tertiary/aromatic N) is 3. The van der Waals surface area contributed by atoms with Gasteiger partial charge in [0, 0.05) is 23.8 Å². The van der Waals surface area contributed by atoms with Gasteiger partial charge in [-0.05, 0) is 76.2 Å². The summed E-state index contributed by atoms with van der Waals surface area (Å²) in [6.07, 6.45) is 12.4. The van der Waals surface area contributed by atoms with Crippen LogP contribution in [0.25, 0.3) is 10.9 Å². The average Bonchev–Trinajstić information content (AvgIpc) is 2.66. The summed E-state index contributed by atoms with van der Waals surface area (Å²) < 4.78 is 0. The number of piperidine rings is 1. The molecule has 0 bridgehead atoms. The number of likely N-dealkylation sites (tertiary alicyclic amines) is 1. The first-order valence-electron chi connectivity index (χ1n) is 9.33. The molecule has 4 rings (SSSR count). The highest BCUT2D eigenvalue weighted by molar-refractivity contribution is 5.97. The van der Waals surface area contributed by atoms with Gasteiger partial charge in [-0.15, -0.1) is 0 Å². The third-order valence-corrected chi connectivity index (χ3v) is 6.18. The predicted molar refractivity (Wildman–Crippen MR) is 98.4 cm³/mol. The van der Waals surface area contributed by atoms with Crippen molar-refractivity contribution in [2.45, 2.75) is 44.6 Å². The first-order chi connectivity index (χ1) is 12.1. The highest BCUT2D eigenvalue weighted by Crippen LogP contribution is 2.44. The number of amides is 1. The van der Waals surface area contributed by atoms with Gasteiger partial charge in [0.25, 0.3) is 5.91 Å². The molecule has 0 aromatic carbocycles. The SMILES string of the molecule is CN1CCC2(CCC(NC(=O)c3cnc4cnccc4c3)CC2)CC1. The van der Waals surface area contributed by atoms with Gasteiger partial charge >= 0.3 is 0 Å². The van der Waals surface area contributed by atoms with Gasteiger partial charge in [0.15, 0.2) is 0 Å². The molecule has 2 aliphatic rings. The van der Waals surface area contributed by atoms with Crippen molar-refractivity contribution in [3.05, 3.63) is 36.3 Å². The maximum atomic E-state index is 12.6. The smallest absolute Gasteiger partial charge is 0.253 e. The van der Waals surface area contributed by atoms with Crippen molar-refractivity contribution in [1.82, 2.24) is 20.2 Å². The van der Waals surface area contributed by atoms with E-state index in [4.69, 9.17) is 0 Å². The van der Waals surface area contributed by atoms with E-state index < -0.39 is 0 Å². The first kappa shape index (κ1) is 16.5. The van der Waals surface area contributed by atoms with Crippen molar-refractivity contribution >= 4 is 16.8 Å². The molecule has 2 aromatic rings. The maximum Gasteiger partial charge on any atom is 0.253 e. The van der Waals surface area contributed by atoms with E-state index in [1.807, 2.05) is 12.1 Å². The lowest BCUT2D eigenvalue weighted by molar-refractivity contribution is 0.0654. The number of carbonyl (C=O) groups excluding carboxylic acids is 1. The molecule has 25 heavy (non-hydrogen) atoms. The fourth-order valence-electron chi connectivity index (χ4n) is 4.33. The minimum Gasteiger partial charge on any atom is -0.349 e. The van der Waals surface area contributed by atoms with Gasteiger partial charge < -0.3 is 10.2 Å². The molecule has 1 saturated heterocycles. The van der Waals surface area contributed by atoms with E-state index in [1.54, 1.807) is 18.6 Å². The van der Waals surface area contributed by atoms with Gasteiger partial charge in [-0.25, -0.2) is 0 Å². The van der Waals surface area contributed by atoms with Crippen LogP contribution >= 0.6 is 0 Å². The van der Waals surface area contributed by atoms with Crippen LogP contribution in [0.1, 0.15) is 48.9 Å². The third kappa shape index (κ3) is 3.52. The van der Waals surface area contributed by atoms with Crippen molar-refractivity contribution in [2.24, 2.45) is 5.41 Å². The zero-order valence-corrected chi connectivity index (χ0v) is 14.9. The number of rotatable bonds is 2. The lowest BCUT2D eigenvalue weighted by Gasteiger charge is -2.45. The standard InChI is InChI=1S/C20H26N4O/c1-24-10-7-20(8-11-24)5-2-17(3-6-20)23-19(25)16-12-15-4-9-21-14-18(15)22-13-16/h4,9,12-14,17H,2-3,5-8,10-11H2,1H3,(H,23,25). The summed E-state index contributed by atoms with van der Waals surface area (Å²) in [4.78, 5) is 23.4. The Morgan fingerprint density at radius 1 is 1.20 bits per heavy atom. The number of pyridine rings is 2. The number of hydrogen-bond acceptors (Lipinski definition) is 4. The number of hydrogen-bond donors (Lipinski definition) is 1. The molecule has 0 atom stereocenters. The molecule has 5 nitrogen and oxygen atoms in total. The topological polar surface area (TPSA) is 58.1 Å². The Balaban J connectivity index is 1.37. The van der Waals surface area contributed by atoms with Crippen LogP contribution in [0.2, 0.25) is 0 Å². The van der Waals surface area contributed by atoms with Gasteiger partial charge in [-0.1, -0.05) is 0 Å². The summed E-state index contributed by atoms with van der Waals surface area (Å²) in [5.41, 5.74) is 1.99. The molecule has 132 valence electrons. The number of carbonyl (C=O) groups is 1. The third-order valence-electron chi connectivity index (χ3n) is 6.18. The van der Waals surface area contributed by atoms with Crippen LogP contribution < -0.4 is 5.32 Å². The second-order valence-electron chi connectivity index (χ2n) is 7.84. The molecule has 3 heterocycles. The summed E-state index contributed by atoms with van der Waals surface area (Å²) in [6.45, 7) is 2.43. The molecule has 1 amide bonds. The summed E-state index contributed by atoms with van der Waals surface area (Å²) in [5, 5.41) is 4.18.